The average molecular weight is 393 g/mol. The average Bonchev–Trinajstić information content (AvgIpc) is 3.22. The number of likely N-dealkylation sites (N-methyl/N-ethyl adjacent to an activating group) is 1. The lowest BCUT2D eigenvalue weighted by Crippen LogP contribution is -2.32. The van der Waals surface area contributed by atoms with Gasteiger partial charge in [0.15, 0.2) is 5.82 Å². The maximum absolute atomic E-state index is 13.4. The maximum Gasteiger partial charge on any atom is 0.245 e. The summed E-state index contributed by atoms with van der Waals surface area (Å²) in [6.07, 6.45) is 2.10. The molecular weight excluding hydrogens is 364 g/mol. The van der Waals surface area contributed by atoms with Gasteiger partial charge in [-0.15, -0.1) is 0 Å². The Balaban J connectivity index is 1.92. The van der Waals surface area contributed by atoms with Gasteiger partial charge in [-0.1, -0.05) is 22.9 Å². The third-order valence-electron chi connectivity index (χ3n) is 5.13. The second-order valence-corrected chi connectivity index (χ2v) is 9.27. The molecule has 0 bridgehead atoms. The van der Waals surface area contributed by atoms with Crippen LogP contribution >= 0.6 is 0 Å². The normalized spacial score (nSPS) is 19.5. The number of rotatable bonds is 6. The summed E-state index contributed by atoms with van der Waals surface area (Å²) in [5.41, 5.74) is 2.60. The van der Waals surface area contributed by atoms with Crippen molar-refractivity contribution >= 4 is 10.0 Å². The summed E-state index contributed by atoms with van der Waals surface area (Å²) in [5, 5.41) is 7.17. The number of aryl methyl sites for hydroxylation is 3. The van der Waals surface area contributed by atoms with Crippen LogP contribution in [0, 0.1) is 20.8 Å². The van der Waals surface area contributed by atoms with Crippen LogP contribution in [0.2, 0.25) is 0 Å². The van der Waals surface area contributed by atoms with Gasteiger partial charge in [0.2, 0.25) is 15.9 Å². The SMILES string of the molecule is CNC(C)Cc1noc(C2CCCN2S(=O)(=O)c2c(C)cc(C)cc2C)n1. The van der Waals surface area contributed by atoms with E-state index in [2.05, 4.69) is 15.5 Å². The van der Waals surface area contributed by atoms with E-state index in [4.69, 9.17) is 4.52 Å². The molecule has 7 nitrogen and oxygen atoms in total. The molecule has 1 N–H and O–H groups in total. The van der Waals surface area contributed by atoms with Gasteiger partial charge in [0.1, 0.15) is 6.04 Å². The molecule has 2 aromatic rings. The van der Waals surface area contributed by atoms with Gasteiger partial charge in [-0.05, 0) is 58.7 Å². The molecule has 8 heteroatoms. The fourth-order valence-corrected chi connectivity index (χ4v) is 5.89. The van der Waals surface area contributed by atoms with Crippen molar-refractivity contribution in [2.45, 2.75) is 63.9 Å². The van der Waals surface area contributed by atoms with Crippen molar-refractivity contribution < 1.29 is 12.9 Å². The standard InChI is InChI=1S/C19H28N4O3S/c1-12-9-13(2)18(14(3)10-12)27(24,25)23-8-6-7-16(23)19-21-17(22-26-19)11-15(4)20-5/h9-10,15-16,20H,6-8,11H2,1-5H3. The molecule has 148 valence electrons. The number of nitrogens with zero attached hydrogens (tertiary/aromatic N) is 3. The van der Waals surface area contributed by atoms with E-state index in [1.807, 2.05) is 46.9 Å². The summed E-state index contributed by atoms with van der Waals surface area (Å²) < 4.78 is 33.8. The predicted octanol–water partition coefficient (Wildman–Crippen LogP) is 2.67. The molecule has 1 saturated heterocycles. The zero-order valence-electron chi connectivity index (χ0n) is 16.6. The molecular formula is C19H28N4O3S. The van der Waals surface area contributed by atoms with E-state index in [0.29, 0.717) is 36.0 Å². The third-order valence-corrected chi connectivity index (χ3v) is 7.34. The highest BCUT2D eigenvalue weighted by Gasteiger charge is 2.40. The van der Waals surface area contributed by atoms with Gasteiger partial charge in [0.05, 0.1) is 4.90 Å². The Morgan fingerprint density at radius 3 is 2.59 bits per heavy atom. The van der Waals surface area contributed by atoms with Crippen LogP contribution in [0.15, 0.2) is 21.6 Å². The van der Waals surface area contributed by atoms with Crippen LogP contribution in [0.25, 0.3) is 0 Å². The van der Waals surface area contributed by atoms with Gasteiger partial charge >= 0.3 is 0 Å². The number of sulfonamides is 1. The predicted molar refractivity (Wildman–Crippen MR) is 103 cm³/mol. The van der Waals surface area contributed by atoms with Crippen molar-refractivity contribution in [2.75, 3.05) is 13.6 Å². The first kappa shape index (κ1) is 20.0. The summed E-state index contributed by atoms with van der Waals surface area (Å²) in [6, 6.07) is 3.64. The van der Waals surface area contributed by atoms with Gasteiger partial charge in [-0.25, -0.2) is 8.42 Å². The van der Waals surface area contributed by atoms with Crippen LogP contribution in [0.1, 0.15) is 54.2 Å². The van der Waals surface area contributed by atoms with E-state index >= 15 is 0 Å². The molecule has 0 spiro atoms. The molecule has 3 rings (SSSR count). The molecule has 1 aromatic heterocycles. The van der Waals surface area contributed by atoms with E-state index in [9.17, 15) is 8.42 Å². The van der Waals surface area contributed by atoms with Crippen LogP contribution in [0.5, 0.6) is 0 Å². The van der Waals surface area contributed by atoms with Crippen molar-refractivity contribution in [3.63, 3.8) is 0 Å². The first-order valence-corrected chi connectivity index (χ1v) is 10.8. The molecule has 27 heavy (non-hydrogen) atoms. The zero-order chi connectivity index (χ0) is 19.8. The van der Waals surface area contributed by atoms with Gasteiger partial charge in [0, 0.05) is 19.0 Å². The molecule has 0 radical (unpaired) electrons. The molecule has 1 aromatic carbocycles. The van der Waals surface area contributed by atoms with Crippen molar-refractivity contribution in [1.29, 1.82) is 0 Å². The monoisotopic (exact) mass is 392 g/mol. The highest BCUT2D eigenvalue weighted by molar-refractivity contribution is 7.89. The van der Waals surface area contributed by atoms with Crippen molar-refractivity contribution in [2.24, 2.45) is 0 Å². The van der Waals surface area contributed by atoms with Crippen LogP contribution in [0.3, 0.4) is 0 Å². The minimum Gasteiger partial charge on any atom is -0.338 e. The van der Waals surface area contributed by atoms with Gasteiger partial charge in [0.25, 0.3) is 0 Å². The topological polar surface area (TPSA) is 88.3 Å². The van der Waals surface area contributed by atoms with Gasteiger partial charge in [-0.2, -0.15) is 9.29 Å². The summed E-state index contributed by atoms with van der Waals surface area (Å²) in [5.74, 6) is 0.982. The quantitative estimate of drug-likeness (QED) is 0.813. The molecule has 2 atom stereocenters. The number of hydrogen-bond donors (Lipinski definition) is 1. The maximum atomic E-state index is 13.4. The Hall–Kier alpha value is -1.77. The van der Waals surface area contributed by atoms with Crippen molar-refractivity contribution in [1.82, 2.24) is 19.8 Å². The Bertz CT molecular complexity index is 900. The van der Waals surface area contributed by atoms with E-state index in [0.717, 1.165) is 23.1 Å². The first-order chi connectivity index (χ1) is 12.7. The van der Waals surface area contributed by atoms with Gasteiger partial charge < -0.3 is 9.84 Å². The van der Waals surface area contributed by atoms with Crippen LogP contribution in [-0.2, 0) is 16.4 Å². The summed E-state index contributed by atoms with van der Waals surface area (Å²) >= 11 is 0. The molecule has 1 aliphatic heterocycles. The van der Waals surface area contributed by atoms with Gasteiger partial charge in [-0.3, -0.25) is 0 Å². The second-order valence-electron chi connectivity index (χ2n) is 7.44. The number of hydrogen-bond acceptors (Lipinski definition) is 6. The summed E-state index contributed by atoms with van der Waals surface area (Å²) in [4.78, 5) is 4.86. The highest BCUT2D eigenvalue weighted by Crippen LogP contribution is 2.37. The highest BCUT2D eigenvalue weighted by atomic mass is 32.2. The zero-order valence-corrected chi connectivity index (χ0v) is 17.4. The lowest BCUT2D eigenvalue weighted by Gasteiger charge is -2.23. The lowest BCUT2D eigenvalue weighted by atomic mass is 10.1. The summed E-state index contributed by atoms with van der Waals surface area (Å²) in [6.45, 7) is 8.17. The van der Waals surface area contributed by atoms with E-state index in [-0.39, 0.29) is 6.04 Å². The number of aromatic nitrogens is 2. The summed E-state index contributed by atoms with van der Waals surface area (Å²) in [7, 11) is -1.76. The van der Waals surface area contributed by atoms with E-state index in [1.54, 1.807) is 0 Å². The smallest absolute Gasteiger partial charge is 0.245 e. The lowest BCUT2D eigenvalue weighted by molar-refractivity contribution is 0.289. The Labute approximate surface area is 161 Å². The molecule has 0 saturated carbocycles. The molecule has 2 unspecified atom stereocenters. The van der Waals surface area contributed by atoms with Crippen molar-refractivity contribution in [3.05, 3.63) is 40.5 Å². The van der Waals surface area contributed by atoms with Crippen LogP contribution in [-0.4, -0.2) is 42.5 Å². The molecule has 1 aliphatic rings. The minimum absolute atomic E-state index is 0.219. The number of nitrogens with one attached hydrogen (secondary N) is 1. The fourth-order valence-electron chi connectivity index (χ4n) is 3.83. The fraction of sp³-hybridized carbons (Fsp3) is 0.579. The first-order valence-electron chi connectivity index (χ1n) is 9.33. The van der Waals surface area contributed by atoms with E-state index < -0.39 is 16.1 Å². The molecule has 0 aliphatic carbocycles. The van der Waals surface area contributed by atoms with Crippen LogP contribution < -0.4 is 5.32 Å². The van der Waals surface area contributed by atoms with Crippen molar-refractivity contribution in [3.8, 4) is 0 Å². The third kappa shape index (κ3) is 3.93. The molecule has 1 fully saturated rings. The Morgan fingerprint density at radius 1 is 1.30 bits per heavy atom. The Morgan fingerprint density at radius 2 is 1.96 bits per heavy atom. The van der Waals surface area contributed by atoms with Crippen LogP contribution in [0.4, 0.5) is 0 Å². The largest absolute Gasteiger partial charge is 0.338 e. The second kappa shape index (κ2) is 7.69. The molecule has 2 heterocycles. The molecule has 0 amide bonds. The minimum atomic E-state index is -3.64. The Kier molecular flexibility index (Phi) is 5.69. The van der Waals surface area contributed by atoms with E-state index in [1.165, 1.54) is 4.31 Å². The number of benzene rings is 1.